The predicted molar refractivity (Wildman–Crippen MR) is 73.4 cm³/mol. The van der Waals surface area contributed by atoms with E-state index in [2.05, 4.69) is 0 Å². The van der Waals surface area contributed by atoms with Crippen LogP contribution in [-0.4, -0.2) is 13.4 Å². The van der Waals surface area contributed by atoms with Gasteiger partial charge in [-0.05, 0) is 31.2 Å². The molecule has 0 spiro atoms. The maximum Gasteiger partial charge on any atom is 0.277 e. The van der Waals surface area contributed by atoms with Crippen molar-refractivity contribution in [2.75, 3.05) is 0 Å². The van der Waals surface area contributed by atoms with Crippen LogP contribution in [0, 0.1) is 5.21 Å². The van der Waals surface area contributed by atoms with Crippen molar-refractivity contribution < 1.29 is 8.42 Å². The van der Waals surface area contributed by atoms with Gasteiger partial charge in [-0.1, -0.05) is 11.6 Å². The van der Waals surface area contributed by atoms with E-state index in [1.54, 1.807) is 31.2 Å². The SMILES string of the molecule is CC1=CC=C[N+]([O-])(c2ccc(Cl)cc2)C1=S(=O)=O. The topological polar surface area (TPSA) is 57.2 Å². The molecule has 1 aromatic rings. The average Bonchev–Trinajstić information content (AvgIpc) is 2.28. The molecular formula is C12H10ClNO3S. The van der Waals surface area contributed by atoms with E-state index in [0.717, 1.165) is 0 Å². The van der Waals surface area contributed by atoms with Gasteiger partial charge in [0.2, 0.25) is 0 Å². The number of allylic oxidation sites excluding steroid dienone is 2. The van der Waals surface area contributed by atoms with Crippen LogP contribution in [-0.2, 0) is 10.3 Å². The lowest BCUT2D eigenvalue weighted by molar-refractivity contribution is 0.623. The number of benzene rings is 1. The lowest BCUT2D eigenvalue weighted by atomic mass is 10.2. The summed E-state index contributed by atoms with van der Waals surface area (Å²) >= 11 is 5.76. The monoisotopic (exact) mass is 283 g/mol. The summed E-state index contributed by atoms with van der Waals surface area (Å²) < 4.78 is 21.4. The van der Waals surface area contributed by atoms with Gasteiger partial charge in [-0.15, -0.1) is 0 Å². The van der Waals surface area contributed by atoms with E-state index >= 15 is 0 Å². The first kappa shape index (κ1) is 13.0. The highest BCUT2D eigenvalue weighted by Gasteiger charge is 2.30. The zero-order valence-corrected chi connectivity index (χ0v) is 11.1. The van der Waals surface area contributed by atoms with Gasteiger partial charge >= 0.3 is 0 Å². The van der Waals surface area contributed by atoms with E-state index in [4.69, 9.17) is 11.6 Å². The van der Waals surface area contributed by atoms with Crippen molar-refractivity contribution in [3.05, 3.63) is 58.4 Å². The molecule has 0 saturated heterocycles. The summed E-state index contributed by atoms with van der Waals surface area (Å²) in [6.45, 7) is 1.59. The van der Waals surface area contributed by atoms with Crippen LogP contribution in [0.5, 0.6) is 0 Å². The molecule has 6 heteroatoms. The lowest BCUT2D eigenvalue weighted by Gasteiger charge is -2.38. The zero-order valence-electron chi connectivity index (χ0n) is 9.50. The minimum absolute atomic E-state index is 0.208. The fourth-order valence-corrected chi connectivity index (χ4v) is 2.66. The molecule has 0 aromatic heterocycles. The molecule has 1 unspecified atom stereocenters. The Labute approximate surface area is 111 Å². The third-order valence-corrected chi connectivity index (χ3v) is 3.81. The van der Waals surface area contributed by atoms with Gasteiger partial charge in [0.15, 0.2) is 0 Å². The summed E-state index contributed by atoms with van der Waals surface area (Å²) in [5.74, 6) is 0. The van der Waals surface area contributed by atoms with E-state index < -0.39 is 14.9 Å². The van der Waals surface area contributed by atoms with Crippen LogP contribution in [0.3, 0.4) is 0 Å². The lowest BCUT2D eigenvalue weighted by Crippen LogP contribution is -2.46. The third-order valence-electron chi connectivity index (χ3n) is 2.65. The summed E-state index contributed by atoms with van der Waals surface area (Å²) in [6, 6.07) is 6.15. The second-order valence-electron chi connectivity index (χ2n) is 3.87. The molecule has 1 heterocycles. The molecule has 2 rings (SSSR count). The maximum atomic E-state index is 12.8. The fraction of sp³-hybridized carbons (Fsp3) is 0.0833. The van der Waals surface area contributed by atoms with Crippen molar-refractivity contribution >= 4 is 32.6 Å². The second kappa shape index (κ2) is 4.70. The van der Waals surface area contributed by atoms with Crippen molar-refractivity contribution in [1.29, 1.82) is 0 Å². The quantitative estimate of drug-likeness (QED) is 0.452. The largest absolute Gasteiger partial charge is 0.616 e. The number of hydroxylamine groups is 2. The number of halogens is 1. The van der Waals surface area contributed by atoms with Crippen LogP contribution in [0.1, 0.15) is 6.92 Å². The van der Waals surface area contributed by atoms with Crippen LogP contribution in [0.4, 0.5) is 5.69 Å². The Balaban J connectivity index is 2.67. The number of hydrogen-bond acceptors (Lipinski definition) is 3. The van der Waals surface area contributed by atoms with Gasteiger partial charge < -0.3 is 5.21 Å². The first-order chi connectivity index (χ1) is 8.45. The molecule has 0 N–H and O–H groups in total. The standard InChI is InChI=1S/C12H10ClNO3S/c1-9-3-2-8-14(15,12(9)18(16)17)11-6-4-10(13)5-7-11/h2-8H,1H3. The molecule has 0 bridgehead atoms. The molecule has 0 aliphatic carbocycles. The van der Waals surface area contributed by atoms with Gasteiger partial charge in [0.1, 0.15) is 11.9 Å². The first-order valence-corrected chi connectivity index (χ1v) is 6.59. The Morgan fingerprint density at radius 3 is 2.39 bits per heavy atom. The summed E-state index contributed by atoms with van der Waals surface area (Å²) in [7, 11) is -2.58. The van der Waals surface area contributed by atoms with Crippen molar-refractivity contribution in [1.82, 2.24) is 4.65 Å². The molecule has 1 atom stereocenters. The number of nitrogens with zero attached hydrogens (tertiary/aromatic N) is 1. The average molecular weight is 284 g/mol. The van der Waals surface area contributed by atoms with Gasteiger partial charge in [-0.2, -0.15) is 8.42 Å². The van der Waals surface area contributed by atoms with E-state index in [0.29, 0.717) is 16.3 Å². The molecule has 4 nitrogen and oxygen atoms in total. The van der Waals surface area contributed by atoms with Gasteiger partial charge in [0.05, 0.1) is 0 Å². The van der Waals surface area contributed by atoms with Crippen LogP contribution >= 0.6 is 11.6 Å². The Bertz CT molecular complexity index is 666. The Morgan fingerprint density at radius 2 is 1.83 bits per heavy atom. The van der Waals surface area contributed by atoms with Crippen LogP contribution < -0.4 is 4.65 Å². The van der Waals surface area contributed by atoms with Gasteiger partial charge in [0.25, 0.3) is 15.3 Å². The van der Waals surface area contributed by atoms with Gasteiger partial charge in [-0.3, -0.25) is 4.65 Å². The molecular weight excluding hydrogens is 274 g/mol. The molecule has 0 radical (unpaired) electrons. The minimum atomic E-state index is -2.58. The molecule has 0 amide bonds. The molecule has 0 saturated carbocycles. The molecule has 18 heavy (non-hydrogen) atoms. The Morgan fingerprint density at radius 1 is 1.22 bits per heavy atom. The number of hydrogen-bond donors (Lipinski definition) is 0. The highest BCUT2D eigenvalue weighted by atomic mass is 35.5. The van der Waals surface area contributed by atoms with Crippen molar-refractivity contribution in [3.63, 3.8) is 0 Å². The molecule has 1 aliphatic rings. The summed E-state index contributed by atoms with van der Waals surface area (Å²) in [6.07, 6.45) is 4.42. The Kier molecular flexibility index (Phi) is 3.41. The summed E-state index contributed by atoms with van der Waals surface area (Å²) in [5.41, 5.74) is 0.720. The predicted octanol–water partition coefficient (Wildman–Crippen LogP) is 2.63. The number of quaternary nitrogens is 1. The first-order valence-electron chi connectivity index (χ1n) is 5.14. The van der Waals surface area contributed by atoms with Crippen LogP contribution in [0.15, 0.2) is 48.2 Å². The molecule has 1 aromatic carbocycles. The maximum absolute atomic E-state index is 12.8. The second-order valence-corrected chi connectivity index (χ2v) is 5.16. The minimum Gasteiger partial charge on any atom is -0.616 e. The third kappa shape index (κ3) is 2.13. The highest BCUT2D eigenvalue weighted by molar-refractivity contribution is 7.73. The van der Waals surface area contributed by atoms with Crippen LogP contribution in [0.2, 0.25) is 5.02 Å². The molecule has 1 aliphatic heterocycles. The van der Waals surface area contributed by atoms with E-state index in [9.17, 15) is 13.6 Å². The van der Waals surface area contributed by atoms with Crippen LogP contribution in [0.25, 0.3) is 0 Å². The smallest absolute Gasteiger partial charge is 0.277 e. The van der Waals surface area contributed by atoms with E-state index in [1.165, 1.54) is 18.3 Å². The van der Waals surface area contributed by atoms with Crippen molar-refractivity contribution in [2.24, 2.45) is 0 Å². The molecule has 94 valence electrons. The van der Waals surface area contributed by atoms with Gasteiger partial charge in [0, 0.05) is 22.7 Å². The van der Waals surface area contributed by atoms with Gasteiger partial charge in [-0.25, -0.2) is 0 Å². The summed E-state index contributed by atoms with van der Waals surface area (Å²) in [5, 5.41) is 13.2. The highest BCUT2D eigenvalue weighted by Crippen LogP contribution is 2.29. The zero-order chi connectivity index (χ0) is 13.3. The number of rotatable bonds is 1. The van der Waals surface area contributed by atoms with E-state index in [1.807, 2.05) is 0 Å². The normalized spacial score (nSPS) is 22.8. The summed E-state index contributed by atoms with van der Waals surface area (Å²) in [4.78, 5) is -0.208. The van der Waals surface area contributed by atoms with E-state index in [-0.39, 0.29) is 4.99 Å². The van der Waals surface area contributed by atoms with Crippen molar-refractivity contribution in [2.45, 2.75) is 6.92 Å². The van der Waals surface area contributed by atoms with Crippen molar-refractivity contribution in [3.8, 4) is 0 Å². The fourth-order valence-electron chi connectivity index (χ4n) is 1.82. The molecule has 0 fully saturated rings. The Hall–Kier alpha value is -1.40.